The molecule has 1 fully saturated rings. The van der Waals surface area contributed by atoms with Crippen LogP contribution in [0.25, 0.3) is 5.82 Å². The first kappa shape index (κ1) is 20.4. The van der Waals surface area contributed by atoms with Gasteiger partial charge in [-0.3, -0.25) is 9.36 Å². The Morgan fingerprint density at radius 2 is 2.08 bits per heavy atom. The number of ether oxygens (including phenoxy) is 1. The first-order chi connectivity index (χ1) is 10.7. The lowest BCUT2D eigenvalue weighted by molar-refractivity contribution is -0.119. The van der Waals surface area contributed by atoms with Crippen molar-refractivity contribution in [3.05, 3.63) is 37.1 Å². The molecular formula is C15H21Cl2N5O2. The number of hydrogen-bond acceptors (Lipinski definition) is 5. The second kappa shape index (κ2) is 9.58. The van der Waals surface area contributed by atoms with Crippen LogP contribution in [-0.2, 0) is 9.53 Å². The summed E-state index contributed by atoms with van der Waals surface area (Å²) in [4.78, 5) is 20.5. The molecule has 2 aromatic rings. The molecule has 2 aromatic heterocycles. The van der Waals surface area contributed by atoms with Crippen molar-refractivity contribution in [1.82, 2.24) is 14.5 Å². The molecule has 3 heterocycles. The fraction of sp³-hybridized carbons (Fsp3) is 0.400. The van der Waals surface area contributed by atoms with E-state index in [2.05, 4.69) is 15.3 Å². The number of pyridine rings is 1. The molecule has 7 nitrogen and oxygen atoms in total. The van der Waals surface area contributed by atoms with E-state index in [-0.39, 0.29) is 36.6 Å². The Hall–Kier alpha value is -1.67. The molecule has 3 N–H and O–H groups in total. The van der Waals surface area contributed by atoms with Crippen molar-refractivity contribution in [3.63, 3.8) is 0 Å². The summed E-state index contributed by atoms with van der Waals surface area (Å²) in [6, 6.07) is 3.10. The summed E-state index contributed by atoms with van der Waals surface area (Å²) in [6.07, 6.45) is 8.43. The van der Waals surface area contributed by atoms with E-state index in [1.807, 2.05) is 12.3 Å². The van der Waals surface area contributed by atoms with Gasteiger partial charge < -0.3 is 15.8 Å². The topological polar surface area (TPSA) is 95.1 Å². The SMILES string of the molecule is Cl.Cl.NC(C(=O)Nc1ccc(-n2ccnc2)nc1)C1CCOCC1. The molecule has 0 bridgehead atoms. The molecule has 1 aliphatic rings. The van der Waals surface area contributed by atoms with Gasteiger partial charge in [-0.25, -0.2) is 9.97 Å². The summed E-state index contributed by atoms with van der Waals surface area (Å²) in [7, 11) is 0. The molecule has 1 saturated heterocycles. The van der Waals surface area contributed by atoms with E-state index in [1.165, 1.54) is 0 Å². The summed E-state index contributed by atoms with van der Waals surface area (Å²) in [6.45, 7) is 1.35. The standard InChI is InChI=1S/C15H19N5O2.2ClH/c16-14(11-3-7-22-8-4-11)15(21)19-12-1-2-13(18-9-12)20-6-5-17-10-20;;/h1-2,5-6,9-11,14H,3-4,7-8,16H2,(H,19,21);2*1H. The number of hydrogen-bond donors (Lipinski definition) is 2. The van der Waals surface area contributed by atoms with Crippen molar-refractivity contribution < 1.29 is 9.53 Å². The lowest BCUT2D eigenvalue weighted by Gasteiger charge is -2.26. The van der Waals surface area contributed by atoms with Crippen LogP contribution in [0.2, 0.25) is 0 Å². The molecule has 0 aliphatic carbocycles. The van der Waals surface area contributed by atoms with E-state index in [1.54, 1.807) is 29.4 Å². The van der Waals surface area contributed by atoms with Crippen molar-refractivity contribution in [2.75, 3.05) is 18.5 Å². The van der Waals surface area contributed by atoms with E-state index in [0.29, 0.717) is 18.9 Å². The first-order valence-corrected chi connectivity index (χ1v) is 7.32. The fourth-order valence-corrected chi connectivity index (χ4v) is 2.52. The van der Waals surface area contributed by atoms with Gasteiger partial charge >= 0.3 is 0 Å². The zero-order valence-electron chi connectivity index (χ0n) is 13.0. The normalized spacial score (nSPS) is 15.7. The van der Waals surface area contributed by atoms with Gasteiger partial charge in [-0.05, 0) is 30.9 Å². The van der Waals surface area contributed by atoms with Crippen LogP contribution in [0, 0.1) is 5.92 Å². The van der Waals surface area contributed by atoms with E-state index in [9.17, 15) is 4.79 Å². The summed E-state index contributed by atoms with van der Waals surface area (Å²) in [5.41, 5.74) is 6.68. The average molecular weight is 374 g/mol. The molecule has 1 amide bonds. The highest BCUT2D eigenvalue weighted by atomic mass is 35.5. The van der Waals surface area contributed by atoms with Gasteiger partial charge in [0, 0.05) is 25.6 Å². The van der Waals surface area contributed by atoms with E-state index in [4.69, 9.17) is 10.5 Å². The predicted octanol–water partition coefficient (Wildman–Crippen LogP) is 1.80. The summed E-state index contributed by atoms with van der Waals surface area (Å²) >= 11 is 0. The van der Waals surface area contributed by atoms with E-state index >= 15 is 0 Å². The highest BCUT2D eigenvalue weighted by Crippen LogP contribution is 2.19. The molecule has 0 radical (unpaired) electrons. The lowest BCUT2D eigenvalue weighted by Crippen LogP contribution is -2.44. The van der Waals surface area contributed by atoms with Crippen LogP contribution in [0.5, 0.6) is 0 Å². The number of carbonyl (C=O) groups excluding carboxylic acids is 1. The number of anilines is 1. The van der Waals surface area contributed by atoms with E-state index < -0.39 is 6.04 Å². The van der Waals surface area contributed by atoms with Crippen LogP contribution >= 0.6 is 24.8 Å². The van der Waals surface area contributed by atoms with Crippen LogP contribution in [0.15, 0.2) is 37.1 Å². The Kier molecular flexibility index (Phi) is 8.14. The van der Waals surface area contributed by atoms with Gasteiger partial charge in [0.2, 0.25) is 5.91 Å². The van der Waals surface area contributed by atoms with Gasteiger partial charge in [-0.2, -0.15) is 0 Å². The van der Waals surface area contributed by atoms with Gasteiger partial charge in [0.1, 0.15) is 12.1 Å². The van der Waals surface area contributed by atoms with Gasteiger partial charge in [-0.1, -0.05) is 0 Å². The van der Waals surface area contributed by atoms with Crippen molar-refractivity contribution in [2.45, 2.75) is 18.9 Å². The van der Waals surface area contributed by atoms with Crippen molar-refractivity contribution in [1.29, 1.82) is 0 Å². The van der Waals surface area contributed by atoms with Gasteiger partial charge in [0.05, 0.1) is 17.9 Å². The first-order valence-electron chi connectivity index (χ1n) is 7.32. The van der Waals surface area contributed by atoms with Gasteiger partial charge in [0.25, 0.3) is 0 Å². The Bertz CT molecular complexity index is 615. The maximum atomic E-state index is 12.2. The highest BCUT2D eigenvalue weighted by Gasteiger charge is 2.26. The fourth-order valence-electron chi connectivity index (χ4n) is 2.52. The second-order valence-electron chi connectivity index (χ2n) is 5.34. The summed E-state index contributed by atoms with van der Waals surface area (Å²) < 4.78 is 7.08. The third-order valence-corrected chi connectivity index (χ3v) is 3.86. The number of carbonyl (C=O) groups is 1. The molecule has 0 saturated carbocycles. The molecule has 24 heavy (non-hydrogen) atoms. The number of amides is 1. The number of nitrogens with two attached hydrogens (primary N) is 1. The molecular weight excluding hydrogens is 353 g/mol. The third kappa shape index (κ3) is 4.91. The Morgan fingerprint density at radius 1 is 1.33 bits per heavy atom. The molecule has 3 rings (SSSR count). The quantitative estimate of drug-likeness (QED) is 0.851. The van der Waals surface area contributed by atoms with Crippen molar-refractivity contribution >= 4 is 36.4 Å². The second-order valence-corrected chi connectivity index (χ2v) is 5.34. The third-order valence-electron chi connectivity index (χ3n) is 3.86. The van der Waals surface area contributed by atoms with Crippen molar-refractivity contribution in [2.24, 2.45) is 11.7 Å². The molecule has 0 spiro atoms. The number of nitrogens with one attached hydrogen (secondary N) is 1. The van der Waals surface area contributed by atoms with Crippen LogP contribution in [-0.4, -0.2) is 39.7 Å². The molecule has 1 aliphatic heterocycles. The molecule has 0 aromatic carbocycles. The Labute approximate surface area is 152 Å². The minimum atomic E-state index is -0.516. The summed E-state index contributed by atoms with van der Waals surface area (Å²) in [5.74, 6) is 0.736. The smallest absolute Gasteiger partial charge is 0.241 e. The number of nitrogens with zero attached hydrogens (tertiary/aromatic N) is 3. The molecule has 9 heteroatoms. The van der Waals surface area contributed by atoms with Crippen LogP contribution < -0.4 is 11.1 Å². The highest BCUT2D eigenvalue weighted by molar-refractivity contribution is 5.94. The largest absolute Gasteiger partial charge is 0.381 e. The number of aromatic nitrogens is 3. The van der Waals surface area contributed by atoms with Crippen molar-refractivity contribution in [3.8, 4) is 5.82 Å². The monoisotopic (exact) mass is 373 g/mol. The van der Waals surface area contributed by atoms with Crippen LogP contribution in [0.1, 0.15) is 12.8 Å². The summed E-state index contributed by atoms with van der Waals surface area (Å²) in [5, 5.41) is 2.82. The zero-order valence-corrected chi connectivity index (χ0v) is 14.6. The van der Waals surface area contributed by atoms with Gasteiger partial charge in [-0.15, -0.1) is 24.8 Å². The average Bonchev–Trinajstić information content (AvgIpc) is 3.10. The molecule has 1 unspecified atom stereocenters. The van der Waals surface area contributed by atoms with E-state index in [0.717, 1.165) is 18.7 Å². The predicted molar refractivity (Wildman–Crippen MR) is 96.0 cm³/mol. The minimum Gasteiger partial charge on any atom is -0.381 e. The minimum absolute atomic E-state index is 0. The molecule has 132 valence electrons. The zero-order chi connectivity index (χ0) is 15.4. The maximum Gasteiger partial charge on any atom is 0.241 e. The lowest BCUT2D eigenvalue weighted by atomic mass is 9.92. The Morgan fingerprint density at radius 3 is 2.67 bits per heavy atom. The number of imidazole rings is 1. The van der Waals surface area contributed by atoms with Gasteiger partial charge in [0.15, 0.2) is 0 Å². The Balaban J connectivity index is 0.00000144. The number of rotatable bonds is 4. The molecule has 1 atom stereocenters. The number of halogens is 2. The van der Waals surface area contributed by atoms with Crippen LogP contribution in [0.3, 0.4) is 0 Å². The maximum absolute atomic E-state index is 12.2. The van der Waals surface area contributed by atoms with Crippen LogP contribution in [0.4, 0.5) is 5.69 Å².